The molecule has 0 saturated carbocycles. The number of carboxylic acid groups (broad SMARTS) is 1. The predicted molar refractivity (Wildman–Crippen MR) is 109 cm³/mol. The first-order valence-electron chi connectivity index (χ1n) is 10.6. The number of aliphatic hydroxyl groups is 1. The van der Waals surface area contributed by atoms with Gasteiger partial charge in [-0.2, -0.15) is 0 Å². The lowest BCUT2D eigenvalue weighted by Gasteiger charge is -2.27. The zero-order valence-corrected chi connectivity index (χ0v) is 16.5. The Hall–Kier alpha value is -1.69. The topological polar surface area (TPSA) is 78.8 Å². The van der Waals surface area contributed by atoms with Gasteiger partial charge in [0.05, 0.1) is 18.3 Å². The number of rotatable bonds is 12. The summed E-state index contributed by atoms with van der Waals surface area (Å²) in [5, 5.41) is 22.4. The molecular weight excluding hydrogens is 354 g/mol. The Kier molecular flexibility index (Phi) is 8.07. The third-order valence-corrected chi connectivity index (χ3v) is 6.10. The van der Waals surface area contributed by atoms with E-state index in [-0.39, 0.29) is 6.42 Å². The van der Waals surface area contributed by atoms with Crippen molar-refractivity contribution in [3.05, 3.63) is 48.0 Å². The number of nitrogens with one attached hydrogen (secondary N) is 1. The molecule has 5 nitrogen and oxygen atoms in total. The molecule has 2 aliphatic heterocycles. The van der Waals surface area contributed by atoms with Crippen LogP contribution < -0.4 is 5.32 Å². The van der Waals surface area contributed by atoms with E-state index >= 15 is 0 Å². The normalized spacial score (nSPS) is 27.5. The number of ether oxygens (including phenoxy) is 1. The van der Waals surface area contributed by atoms with Crippen LogP contribution in [0.3, 0.4) is 0 Å². The molecule has 2 bridgehead atoms. The standard InChI is InChI=1S/C23H33NO4/c25-20(17-8-4-3-5-9-17)16-24-15-14-19-18(21-12-13-22(19)28-21)10-6-1-2-7-11-23(26)27/h1,3-6,8-9,18-22,24-25H,2,7,10-16H2,(H,26,27)/t18-,19+,20?,21-,22+/m1/s1. The molecule has 0 radical (unpaired) electrons. The van der Waals surface area contributed by atoms with E-state index in [1.807, 2.05) is 30.3 Å². The molecule has 2 fully saturated rings. The minimum Gasteiger partial charge on any atom is -0.481 e. The van der Waals surface area contributed by atoms with E-state index in [0.717, 1.165) is 31.4 Å². The van der Waals surface area contributed by atoms with Crippen molar-refractivity contribution in [3.8, 4) is 0 Å². The van der Waals surface area contributed by atoms with Crippen LogP contribution in [-0.2, 0) is 9.53 Å². The quantitative estimate of drug-likeness (QED) is 0.376. The van der Waals surface area contributed by atoms with Crippen LogP contribution in [0.5, 0.6) is 0 Å². The first-order chi connectivity index (χ1) is 13.6. The summed E-state index contributed by atoms with van der Waals surface area (Å²) in [6, 6.07) is 9.76. The fourth-order valence-corrected chi connectivity index (χ4v) is 4.64. The van der Waals surface area contributed by atoms with Gasteiger partial charge in [-0.15, -0.1) is 0 Å². The molecular formula is C23H33NO4. The van der Waals surface area contributed by atoms with Crippen LogP contribution in [0, 0.1) is 11.8 Å². The van der Waals surface area contributed by atoms with Gasteiger partial charge < -0.3 is 20.3 Å². The third-order valence-electron chi connectivity index (χ3n) is 6.10. The van der Waals surface area contributed by atoms with Crippen LogP contribution in [0.15, 0.2) is 42.5 Å². The van der Waals surface area contributed by atoms with Gasteiger partial charge in [0.15, 0.2) is 0 Å². The van der Waals surface area contributed by atoms with Crippen molar-refractivity contribution in [3.63, 3.8) is 0 Å². The second kappa shape index (κ2) is 10.7. The molecule has 1 unspecified atom stereocenters. The van der Waals surface area contributed by atoms with Gasteiger partial charge in [-0.25, -0.2) is 0 Å². The maximum atomic E-state index is 10.6. The molecule has 1 aromatic rings. The van der Waals surface area contributed by atoms with Gasteiger partial charge in [0.1, 0.15) is 0 Å². The van der Waals surface area contributed by atoms with Crippen LogP contribution in [0.1, 0.15) is 56.6 Å². The molecule has 5 heteroatoms. The number of benzene rings is 1. The maximum Gasteiger partial charge on any atom is 0.303 e. The Morgan fingerprint density at radius 2 is 1.93 bits per heavy atom. The highest BCUT2D eigenvalue weighted by Gasteiger charge is 2.47. The summed E-state index contributed by atoms with van der Waals surface area (Å²) in [6.07, 6.45) is 10.8. The van der Waals surface area contributed by atoms with E-state index in [1.165, 1.54) is 12.8 Å². The van der Waals surface area contributed by atoms with E-state index in [1.54, 1.807) is 0 Å². The Morgan fingerprint density at radius 3 is 2.68 bits per heavy atom. The number of carboxylic acids is 1. The molecule has 3 rings (SSSR count). The van der Waals surface area contributed by atoms with Crippen molar-refractivity contribution in [2.24, 2.45) is 11.8 Å². The van der Waals surface area contributed by atoms with Crippen molar-refractivity contribution >= 4 is 5.97 Å². The number of hydrogen-bond donors (Lipinski definition) is 3. The SMILES string of the molecule is O=C(O)CCCC=CC[C@@H]1[C@H](CCNCC(O)c2ccccc2)[C@@H]2CC[C@H]1O2. The summed E-state index contributed by atoms with van der Waals surface area (Å²) in [6.45, 7) is 1.46. The molecule has 0 aromatic heterocycles. The Balaban J connectivity index is 1.38. The summed E-state index contributed by atoms with van der Waals surface area (Å²) >= 11 is 0. The van der Waals surface area contributed by atoms with Crippen molar-refractivity contribution in [1.82, 2.24) is 5.32 Å². The molecule has 0 spiro atoms. The number of hydrogen-bond acceptors (Lipinski definition) is 4. The van der Waals surface area contributed by atoms with Crippen LogP contribution in [-0.4, -0.2) is 41.5 Å². The summed E-state index contributed by atoms with van der Waals surface area (Å²) < 4.78 is 6.17. The highest BCUT2D eigenvalue weighted by molar-refractivity contribution is 5.66. The number of allylic oxidation sites excluding steroid dienone is 2. The molecule has 0 amide bonds. The molecule has 0 aliphatic carbocycles. The molecule has 1 aromatic carbocycles. The fraction of sp³-hybridized carbons (Fsp3) is 0.609. The van der Waals surface area contributed by atoms with Gasteiger partial charge in [0, 0.05) is 13.0 Å². The first-order valence-corrected chi connectivity index (χ1v) is 10.6. The minimum atomic E-state index is -0.722. The van der Waals surface area contributed by atoms with E-state index < -0.39 is 12.1 Å². The van der Waals surface area contributed by atoms with Gasteiger partial charge in [-0.3, -0.25) is 4.79 Å². The average Bonchev–Trinajstić information content (AvgIpc) is 3.30. The molecule has 28 heavy (non-hydrogen) atoms. The molecule has 2 saturated heterocycles. The Morgan fingerprint density at radius 1 is 1.18 bits per heavy atom. The molecule has 2 aliphatic rings. The van der Waals surface area contributed by atoms with Gasteiger partial charge in [0.25, 0.3) is 0 Å². The van der Waals surface area contributed by atoms with E-state index in [4.69, 9.17) is 9.84 Å². The lowest BCUT2D eigenvalue weighted by Crippen LogP contribution is -2.31. The first kappa shape index (κ1) is 21.0. The van der Waals surface area contributed by atoms with Crippen molar-refractivity contribution in [2.75, 3.05) is 13.1 Å². The van der Waals surface area contributed by atoms with Gasteiger partial charge in [-0.1, -0.05) is 42.5 Å². The minimum absolute atomic E-state index is 0.241. The number of aliphatic hydroxyl groups excluding tert-OH is 1. The van der Waals surface area contributed by atoms with Gasteiger partial charge >= 0.3 is 5.97 Å². The highest BCUT2D eigenvalue weighted by atomic mass is 16.5. The molecule has 154 valence electrons. The van der Waals surface area contributed by atoms with E-state index in [9.17, 15) is 9.90 Å². The largest absolute Gasteiger partial charge is 0.481 e. The monoisotopic (exact) mass is 387 g/mol. The number of aliphatic carboxylic acids is 1. The number of fused-ring (bicyclic) bond motifs is 2. The van der Waals surface area contributed by atoms with Crippen molar-refractivity contribution in [1.29, 1.82) is 0 Å². The summed E-state index contributed by atoms with van der Waals surface area (Å²) in [5.74, 6) is 0.416. The van der Waals surface area contributed by atoms with Gasteiger partial charge in [-0.05, 0) is 62.5 Å². The second-order valence-electron chi connectivity index (χ2n) is 8.03. The average molecular weight is 388 g/mol. The maximum absolute atomic E-state index is 10.6. The zero-order chi connectivity index (χ0) is 19.8. The molecule has 5 atom stereocenters. The van der Waals surface area contributed by atoms with Crippen LogP contribution >= 0.6 is 0 Å². The van der Waals surface area contributed by atoms with E-state index in [0.29, 0.717) is 37.0 Å². The molecule has 2 heterocycles. The summed E-state index contributed by atoms with van der Waals surface area (Å²) in [4.78, 5) is 10.6. The van der Waals surface area contributed by atoms with Crippen LogP contribution in [0.2, 0.25) is 0 Å². The Bertz CT molecular complexity index is 633. The lowest BCUT2D eigenvalue weighted by atomic mass is 9.76. The summed E-state index contributed by atoms with van der Waals surface area (Å²) in [5.41, 5.74) is 0.948. The second-order valence-corrected chi connectivity index (χ2v) is 8.03. The predicted octanol–water partition coefficient (Wildman–Crippen LogP) is 3.69. The fourth-order valence-electron chi connectivity index (χ4n) is 4.64. The summed E-state index contributed by atoms with van der Waals surface area (Å²) in [7, 11) is 0. The van der Waals surface area contributed by atoms with Crippen LogP contribution in [0.4, 0.5) is 0 Å². The lowest BCUT2D eigenvalue weighted by molar-refractivity contribution is -0.137. The van der Waals surface area contributed by atoms with Crippen molar-refractivity contribution in [2.45, 2.75) is 63.3 Å². The van der Waals surface area contributed by atoms with E-state index in [2.05, 4.69) is 17.5 Å². The van der Waals surface area contributed by atoms with Crippen LogP contribution in [0.25, 0.3) is 0 Å². The zero-order valence-electron chi connectivity index (χ0n) is 16.5. The number of unbranched alkanes of at least 4 members (excludes halogenated alkanes) is 1. The highest BCUT2D eigenvalue weighted by Crippen LogP contribution is 2.46. The smallest absolute Gasteiger partial charge is 0.303 e. The van der Waals surface area contributed by atoms with Crippen molar-refractivity contribution < 1.29 is 19.7 Å². The number of carbonyl (C=O) groups is 1. The third kappa shape index (κ3) is 5.90. The van der Waals surface area contributed by atoms with Gasteiger partial charge in [0.2, 0.25) is 0 Å². The molecule has 3 N–H and O–H groups in total. The Labute approximate surface area is 167 Å².